The highest BCUT2D eigenvalue weighted by atomic mass is 19.1. The third-order valence-corrected chi connectivity index (χ3v) is 4.13. The van der Waals surface area contributed by atoms with E-state index in [1.54, 1.807) is 31.3 Å². The van der Waals surface area contributed by atoms with Crippen molar-refractivity contribution in [2.45, 2.75) is 12.5 Å². The average Bonchev–Trinajstić information content (AvgIpc) is 2.63. The Hall–Kier alpha value is -2.60. The number of benzene rings is 2. The normalized spacial score (nSPS) is 11.9. The molecule has 0 aliphatic carbocycles. The SMILES string of the molecule is COc1cccc(CCNC(=O)C(c2ccc(F)cc2)N(C)C)c1OC. The van der Waals surface area contributed by atoms with Crippen LogP contribution in [-0.4, -0.2) is 45.7 Å². The van der Waals surface area contributed by atoms with Gasteiger partial charge in [-0.15, -0.1) is 0 Å². The third kappa shape index (κ3) is 4.73. The van der Waals surface area contributed by atoms with Gasteiger partial charge in [-0.3, -0.25) is 9.69 Å². The van der Waals surface area contributed by atoms with E-state index in [0.29, 0.717) is 24.5 Å². The standard InChI is InChI=1S/C20H25FN2O3/c1-23(2)18(14-8-10-16(21)11-9-14)20(24)22-13-12-15-6-5-7-17(25-3)19(15)26-4/h5-11,18H,12-13H2,1-4H3,(H,22,24). The number of hydrogen-bond acceptors (Lipinski definition) is 4. The van der Waals surface area contributed by atoms with Gasteiger partial charge in [0.05, 0.1) is 14.2 Å². The Balaban J connectivity index is 2.04. The Morgan fingerprint density at radius 3 is 2.38 bits per heavy atom. The zero-order chi connectivity index (χ0) is 19.1. The largest absolute Gasteiger partial charge is 0.493 e. The van der Waals surface area contributed by atoms with E-state index in [9.17, 15) is 9.18 Å². The van der Waals surface area contributed by atoms with Gasteiger partial charge in [0.1, 0.15) is 11.9 Å². The van der Waals surface area contributed by atoms with Gasteiger partial charge in [0.2, 0.25) is 5.91 Å². The molecule has 0 spiro atoms. The molecule has 1 unspecified atom stereocenters. The fourth-order valence-electron chi connectivity index (χ4n) is 2.90. The molecule has 0 saturated heterocycles. The summed E-state index contributed by atoms with van der Waals surface area (Å²) in [4.78, 5) is 14.4. The molecule has 0 radical (unpaired) electrons. The highest BCUT2D eigenvalue weighted by Crippen LogP contribution is 2.30. The van der Waals surface area contributed by atoms with Crippen molar-refractivity contribution in [2.24, 2.45) is 0 Å². The number of likely N-dealkylation sites (N-methyl/N-ethyl adjacent to an activating group) is 1. The lowest BCUT2D eigenvalue weighted by Crippen LogP contribution is -2.38. The molecule has 0 aliphatic rings. The number of methoxy groups -OCH3 is 2. The van der Waals surface area contributed by atoms with E-state index < -0.39 is 6.04 Å². The summed E-state index contributed by atoms with van der Waals surface area (Å²) < 4.78 is 23.8. The zero-order valence-electron chi connectivity index (χ0n) is 15.6. The first-order chi connectivity index (χ1) is 12.5. The van der Waals surface area contributed by atoms with Gasteiger partial charge in [-0.25, -0.2) is 4.39 Å². The summed E-state index contributed by atoms with van der Waals surface area (Å²) >= 11 is 0. The lowest BCUT2D eigenvalue weighted by molar-refractivity contribution is -0.125. The Bertz CT molecular complexity index is 732. The minimum Gasteiger partial charge on any atom is -0.493 e. The topological polar surface area (TPSA) is 50.8 Å². The van der Waals surface area contributed by atoms with Gasteiger partial charge in [0.15, 0.2) is 11.5 Å². The number of carbonyl (C=O) groups excluding carboxylic acids is 1. The van der Waals surface area contributed by atoms with E-state index in [0.717, 1.165) is 11.1 Å². The maximum atomic E-state index is 13.1. The predicted octanol–water partition coefficient (Wildman–Crippen LogP) is 2.80. The first-order valence-corrected chi connectivity index (χ1v) is 8.37. The van der Waals surface area contributed by atoms with Crippen molar-refractivity contribution >= 4 is 5.91 Å². The molecule has 2 aromatic carbocycles. The number of nitrogens with zero attached hydrogens (tertiary/aromatic N) is 1. The minimum atomic E-state index is -0.484. The van der Waals surface area contributed by atoms with Gasteiger partial charge in [-0.1, -0.05) is 24.3 Å². The summed E-state index contributed by atoms with van der Waals surface area (Å²) in [5.74, 6) is 0.876. The lowest BCUT2D eigenvalue weighted by Gasteiger charge is -2.24. The van der Waals surface area contributed by atoms with Crippen LogP contribution in [0.3, 0.4) is 0 Å². The fraction of sp³-hybridized carbons (Fsp3) is 0.350. The highest BCUT2D eigenvalue weighted by molar-refractivity contribution is 5.83. The molecule has 5 nitrogen and oxygen atoms in total. The first kappa shape index (κ1) is 19.7. The Morgan fingerprint density at radius 2 is 1.81 bits per heavy atom. The van der Waals surface area contributed by atoms with E-state index >= 15 is 0 Å². The quantitative estimate of drug-likeness (QED) is 0.787. The second-order valence-corrected chi connectivity index (χ2v) is 6.11. The van der Waals surface area contributed by atoms with Crippen LogP contribution in [0.2, 0.25) is 0 Å². The van der Waals surface area contributed by atoms with Crippen LogP contribution < -0.4 is 14.8 Å². The van der Waals surface area contributed by atoms with Gasteiger partial charge in [0, 0.05) is 6.54 Å². The average molecular weight is 360 g/mol. The van der Waals surface area contributed by atoms with Crippen LogP contribution in [-0.2, 0) is 11.2 Å². The Kier molecular flexibility index (Phi) is 6.97. The van der Waals surface area contributed by atoms with E-state index in [1.807, 2.05) is 32.3 Å². The van der Waals surface area contributed by atoms with Gasteiger partial charge in [-0.05, 0) is 49.8 Å². The van der Waals surface area contributed by atoms with Crippen LogP contribution in [0.4, 0.5) is 4.39 Å². The third-order valence-electron chi connectivity index (χ3n) is 4.13. The van der Waals surface area contributed by atoms with Crippen LogP contribution in [0, 0.1) is 5.82 Å². The predicted molar refractivity (Wildman–Crippen MR) is 99.1 cm³/mol. The molecule has 2 aromatic rings. The van der Waals surface area contributed by atoms with Crippen LogP contribution in [0.1, 0.15) is 17.2 Å². The lowest BCUT2D eigenvalue weighted by atomic mass is 10.0. The number of nitrogens with one attached hydrogen (secondary N) is 1. The number of carbonyl (C=O) groups is 1. The molecule has 1 atom stereocenters. The molecule has 26 heavy (non-hydrogen) atoms. The van der Waals surface area contributed by atoms with Crippen molar-refractivity contribution in [3.63, 3.8) is 0 Å². The number of rotatable bonds is 8. The molecule has 0 fully saturated rings. The van der Waals surface area contributed by atoms with Crippen LogP contribution in [0.15, 0.2) is 42.5 Å². The minimum absolute atomic E-state index is 0.136. The second-order valence-electron chi connectivity index (χ2n) is 6.11. The van der Waals surface area contributed by atoms with Crippen molar-refractivity contribution in [3.8, 4) is 11.5 Å². The van der Waals surface area contributed by atoms with E-state index in [-0.39, 0.29) is 11.7 Å². The number of hydrogen-bond donors (Lipinski definition) is 1. The second kappa shape index (κ2) is 9.20. The molecule has 0 aliphatic heterocycles. The molecule has 1 amide bonds. The van der Waals surface area contributed by atoms with Crippen molar-refractivity contribution in [1.29, 1.82) is 0 Å². The molecule has 1 N–H and O–H groups in total. The molecule has 0 heterocycles. The maximum Gasteiger partial charge on any atom is 0.241 e. The Morgan fingerprint density at radius 1 is 1.12 bits per heavy atom. The van der Waals surface area contributed by atoms with E-state index in [4.69, 9.17) is 9.47 Å². The zero-order valence-corrected chi connectivity index (χ0v) is 15.6. The van der Waals surface area contributed by atoms with Crippen LogP contribution in [0.5, 0.6) is 11.5 Å². The highest BCUT2D eigenvalue weighted by Gasteiger charge is 2.22. The van der Waals surface area contributed by atoms with Crippen molar-refractivity contribution in [1.82, 2.24) is 10.2 Å². The van der Waals surface area contributed by atoms with Gasteiger partial charge < -0.3 is 14.8 Å². The fourth-order valence-corrected chi connectivity index (χ4v) is 2.90. The van der Waals surface area contributed by atoms with Gasteiger partial charge in [-0.2, -0.15) is 0 Å². The molecular weight excluding hydrogens is 335 g/mol. The molecule has 0 saturated carbocycles. The van der Waals surface area contributed by atoms with Gasteiger partial charge in [0.25, 0.3) is 0 Å². The molecular formula is C20H25FN2O3. The molecule has 140 valence electrons. The van der Waals surface area contributed by atoms with Crippen molar-refractivity contribution in [3.05, 3.63) is 59.4 Å². The molecule has 6 heteroatoms. The maximum absolute atomic E-state index is 13.1. The van der Waals surface area contributed by atoms with E-state index in [2.05, 4.69) is 5.32 Å². The van der Waals surface area contributed by atoms with Crippen molar-refractivity contribution < 1.29 is 18.7 Å². The summed E-state index contributed by atoms with van der Waals surface area (Å²) in [6.07, 6.45) is 0.607. The summed E-state index contributed by atoms with van der Waals surface area (Å²) in [6, 6.07) is 11.2. The van der Waals surface area contributed by atoms with Crippen molar-refractivity contribution in [2.75, 3.05) is 34.9 Å². The summed E-state index contributed by atoms with van der Waals surface area (Å²) in [5.41, 5.74) is 1.70. The molecule has 2 rings (SSSR count). The number of halogens is 1. The van der Waals surface area contributed by atoms with E-state index in [1.165, 1.54) is 12.1 Å². The van der Waals surface area contributed by atoms with Crippen LogP contribution in [0.25, 0.3) is 0 Å². The monoisotopic (exact) mass is 360 g/mol. The number of amides is 1. The molecule has 0 aromatic heterocycles. The number of para-hydroxylation sites is 1. The summed E-state index contributed by atoms with van der Waals surface area (Å²) in [5, 5.41) is 2.94. The van der Waals surface area contributed by atoms with Gasteiger partial charge >= 0.3 is 0 Å². The number of ether oxygens (including phenoxy) is 2. The van der Waals surface area contributed by atoms with Crippen LogP contribution >= 0.6 is 0 Å². The smallest absolute Gasteiger partial charge is 0.241 e. The Labute approximate surface area is 153 Å². The summed E-state index contributed by atoms with van der Waals surface area (Å²) in [6.45, 7) is 0.452. The summed E-state index contributed by atoms with van der Waals surface area (Å²) in [7, 11) is 6.82. The first-order valence-electron chi connectivity index (χ1n) is 8.37. The molecule has 0 bridgehead atoms.